The van der Waals surface area contributed by atoms with Crippen molar-refractivity contribution in [2.24, 2.45) is 0 Å². The summed E-state index contributed by atoms with van der Waals surface area (Å²) in [4.78, 5) is 0. The Morgan fingerprint density at radius 1 is 1.55 bits per heavy atom. The zero-order valence-corrected chi connectivity index (χ0v) is 14.9. The van der Waals surface area contributed by atoms with E-state index < -0.39 is 5.82 Å². The third-order valence-electron chi connectivity index (χ3n) is 3.63. The number of benzene rings is 1. The predicted octanol–water partition coefficient (Wildman–Crippen LogP) is 3.40. The summed E-state index contributed by atoms with van der Waals surface area (Å²) in [6, 6.07) is 4.63. The van der Waals surface area contributed by atoms with E-state index in [0.717, 1.165) is 21.5 Å². The molecule has 0 fully saturated rings. The smallest absolute Gasteiger partial charge is 0.141 e. The molecule has 1 aromatic carbocycles. The van der Waals surface area contributed by atoms with Gasteiger partial charge in [-0.3, -0.25) is 0 Å². The summed E-state index contributed by atoms with van der Waals surface area (Å²) in [6.45, 7) is 1.19. The molecule has 3 rings (SSSR count). The topological polar surface area (TPSA) is 36.3 Å². The summed E-state index contributed by atoms with van der Waals surface area (Å²) < 4.78 is 27.1. The van der Waals surface area contributed by atoms with Crippen LogP contribution in [0.1, 0.15) is 11.3 Å². The van der Waals surface area contributed by atoms with Gasteiger partial charge in [0.1, 0.15) is 9.52 Å². The van der Waals surface area contributed by atoms with E-state index in [9.17, 15) is 4.39 Å². The molecule has 1 aliphatic heterocycles. The molecule has 0 radical (unpaired) electrons. The Balaban J connectivity index is 1.98. The van der Waals surface area contributed by atoms with Crippen molar-refractivity contribution in [3.8, 4) is 5.69 Å². The fraction of sp³-hybridized carbons (Fsp3) is 0.400. The number of aromatic nitrogens is 2. The van der Waals surface area contributed by atoms with Gasteiger partial charge in [0, 0.05) is 25.5 Å². The lowest BCUT2D eigenvalue weighted by Crippen LogP contribution is -2.21. The SMILES string of the molecule is COC[C@@H]1Cc2nn(-c3ccc(F)c(Cl)c3)c(I)c2CCO1. The molecule has 2 heterocycles. The highest BCUT2D eigenvalue weighted by Gasteiger charge is 2.24. The van der Waals surface area contributed by atoms with Crippen LogP contribution < -0.4 is 0 Å². The largest absolute Gasteiger partial charge is 0.382 e. The zero-order chi connectivity index (χ0) is 15.7. The Labute approximate surface area is 146 Å². The van der Waals surface area contributed by atoms with Gasteiger partial charge in [-0.05, 0) is 40.8 Å². The Morgan fingerprint density at radius 3 is 3.09 bits per heavy atom. The monoisotopic (exact) mass is 436 g/mol. The van der Waals surface area contributed by atoms with Crippen molar-refractivity contribution < 1.29 is 13.9 Å². The average Bonchev–Trinajstić information content (AvgIpc) is 2.68. The molecule has 0 saturated carbocycles. The van der Waals surface area contributed by atoms with Gasteiger partial charge in [0.25, 0.3) is 0 Å². The normalized spacial score (nSPS) is 18.1. The quantitative estimate of drug-likeness (QED) is 0.692. The lowest BCUT2D eigenvalue weighted by molar-refractivity contribution is 0.00329. The highest BCUT2D eigenvalue weighted by molar-refractivity contribution is 14.1. The predicted molar refractivity (Wildman–Crippen MR) is 90.3 cm³/mol. The minimum atomic E-state index is -0.428. The van der Waals surface area contributed by atoms with Crippen molar-refractivity contribution in [1.82, 2.24) is 9.78 Å². The molecule has 1 aromatic heterocycles. The molecule has 0 aliphatic carbocycles. The summed E-state index contributed by atoms with van der Waals surface area (Å²) in [7, 11) is 1.66. The lowest BCUT2D eigenvalue weighted by Gasteiger charge is -2.13. The Hall–Kier alpha value is -0.700. The van der Waals surface area contributed by atoms with Crippen molar-refractivity contribution >= 4 is 34.2 Å². The molecule has 7 heteroatoms. The van der Waals surface area contributed by atoms with Gasteiger partial charge < -0.3 is 9.47 Å². The van der Waals surface area contributed by atoms with Gasteiger partial charge in [0.15, 0.2) is 0 Å². The summed E-state index contributed by atoms with van der Waals surface area (Å²) in [6.07, 6.45) is 1.53. The lowest BCUT2D eigenvalue weighted by atomic mass is 10.1. The van der Waals surface area contributed by atoms with Crippen LogP contribution in [0.3, 0.4) is 0 Å². The van der Waals surface area contributed by atoms with Crippen LogP contribution >= 0.6 is 34.2 Å². The van der Waals surface area contributed by atoms with E-state index in [1.165, 1.54) is 11.6 Å². The van der Waals surface area contributed by atoms with Crippen molar-refractivity contribution in [3.63, 3.8) is 0 Å². The second-order valence-electron chi connectivity index (χ2n) is 5.13. The molecular formula is C15H15ClFIN2O2. The summed E-state index contributed by atoms with van der Waals surface area (Å²) >= 11 is 8.14. The fourth-order valence-corrected chi connectivity index (χ4v) is 3.71. The van der Waals surface area contributed by atoms with Crippen molar-refractivity contribution in [2.75, 3.05) is 20.3 Å². The maximum absolute atomic E-state index is 13.3. The maximum atomic E-state index is 13.3. The van der Waals surface area contributed by atoms with Crippen LogP contribution in [0.4, 0.5) is 4.39 Å². The minimum absolute atomic E-state index is 0.0159. The summed E-state index contributed by atoms with van der Waals surface area (Å²) in [5, 5.41) is 4.77. The van der Waals surface area contributed by atoms with Crippen LogP contribution in [-0.2, 0) is 22.3 Å². The van der Waals surface area contributed by atoms with E-state index in [1.54, 1.807) is 19.2 Å². The first-order chi connectivity index (χ1) is 10.6. The molecule has 0 spiro atoms. The molecule has 118 valence electrons. The van der Waals surface area contributed by atoms with Crippen molar-refractivity contribution in [1.29, 1.82) is 0 Å². The zero-order valence-electron chi connectivity index (χ0n) is 12.0. The van der Waals surface area contributed by atoms with E-state index in [-0.39, 0.29) is 11.1 Å². The molecule has 4 nitrogen and oxygen atoms in total. The number of methoxy groups -OCH3 is 1. The molecule has 0 amide bonds. The number of hydrogen-bond acceptors (Lipinski definition) is 3. The highest BCUT2D eigenvalue weighted by Crippen LogP contribution is 2.27. The second-order valence-corrected chi connectivity index (χ2v) is 6.56. The molecule has 2 aromatic rings. The van der Waals surface area contributed by atoms with Crippen LogP contribution in [0.25, 0.3) is 5.69 Å². The first-order valence-corrected chi connectivity index (χ1v) is 8.38. The first kappa shape index (κ1) is 16.2. The molecule has 0 bridgehead atoms. The first-order valence-electron chi connectivity index (χ1n) is 6.92. The average molecular weight is 437 g/mol. The van der Waals surface area contributed by atoms with Crippen LogP contribution in [-0.4, -0.2) is 36.2 Å². The number of rotatable bonds is 3. The van der Waals surface area contributed by atoms with Gasteiger partial charge in [-0.1, -0.05) is 11.6 Å². The molecule has 0 saturated heterocycles. The third-order valence-corrected chi connectivity index (χ3v) is 5.03. The van der Waals surface area contributed by atoms with E-state index in [1.807, 2.05) is 4.68 Å². The number of nitrogens with zero attached hydrogens (tertiary/aromatic N) is 2. The van der Waals surface area contributed by atoms with Gasteiger partial charge >= 0.3 is 0 Å². The fourth-order valence-electron chi connectivity index (χ4n) is 2.57. The molecule has 1 atom stereocenters. The summed E-state index contributed by atoms with van der Waals surface area (Å²) in [5.74, 6) is -0.428. The van der Waals surface area contributed by atoms with E-state index in [4.69, 9.17) is 21.1 Å². The Kier molecular flexibility index (Phi) is 5.01. The third kappa shape index (κ3) is 3.15. The molecule has 0 N–H and O–H groups in total. The van der Waals surface area contributed by atoms with Crippen molar-refractivity contribution in [2.45, 2.75) is 18.9 Å². The number of hydrogen-bond donors (Lipinski definition) is 0. The molecule has 22 heavy (non-hydrogen) atoms. The van der Waals surface area contributed by atoms with Gasteiger partial charge in [0.05, 0.1) is 35.7 Å². The molecular weight excluding hydrogens is 422 g/mol. The maximum Gasteiger partial charge on any atom is 0.141 e. The van der Waals surface area contributed by atoms with Gasteiger partial charge in [-0.25, -0.2) is 9.07 Å². The number of halogens is 3. The molecule has 0 unspecified atom stereocenters. The van der Waals surface area contributed by atoms with Crippen LogP contribution in [0, 0.1) is 9.52 Å². The van der Waals surface area contributed by atoms with Gasteiger partial charge in [0.2, 0.25) is 0 Å². The second kappa shape index (κ2) is 6.82. The van der Waals surface area contributed by atoms with E-state index in [0.29, 0.717) is 19.6 Å². The standard InChI is InChI=1S/C15H15ClFIN2O2/c1-21-8-10-7-14-11(4-5-22-10)15(18)20(19-14)9-2-3-13(17)12(16)6-9/h2-3,6,10H,4-5,7-8H2,1H3/t10-/m0/s1. The van der Waals surface area contributed by atoms with Crippen molar-refractivity contribution in [3.05, 3.63) is 44.0 Å². The Bertz CT molecular complexity index is 692. The van der Waals surface area contributed by atoms with Crippen LogP contribution in [0.2, 0.25) is 5.02 Å². The number of fused-ring (bicyclic) bond motifs is 1. The van der Waals surface area contributed by atoms with E-state index >= 15 is 0 Å². The highest BCUT2D eigenvalue weighted by atomic mass is 127. The van der Waals surface area contributed by atoms with Gasteiger partial charge in [-0.2, -0.15) is 5.10 Å². The van der Waals surface area contributed by atoms with Crippen LogP contribution in [0.15, 0.2) is 18.2 Å². The number of ether oxygens (including phenoxy) is 2. The molecule has 1 aliphatic rings. The summed E-state index contributed by atoms with van der Waals surface area (Å²) in [5.41, 5.74) is 2.94. The van der Waals surface area contributed by atoms with Gasteiger partial charge in [-0.15, -0.1) is 0 Å². The minimum Gasteiger partial charge on any atom is -0.382 e. The van der Waals surface area contributed by atoms with Crippen LogP contribution in [0.5, 0.6) is 0 Å². The Morgan fingerprint density at radius 2 is 2.36 bits per heavy atom. The van der Waals surface area contributed by atoms with E-state index in [2.05, 4.69) is 27.7 Å².